The van der Waals surface area contributed by atoms with Crippen LogP contribution < -0.4 is 16.4 Å². The van der Waals surface area contributed by atoms with E-state index in [4.69, 9.17) is 10.9 Å². The molecule has 5 N–H and O–H groups in total. The summed E-state index contributed by atoms with van der Waals surface area (Å²) in [6.07, 6.45) is 0. The maximum atomic E-state index is 14.2. The Morgan fingerprint density at radius 1 is 1.48 bits per heavy atom. The first-order valence-corrected chi connectivity index (χ1v) is 6.51. The van der Waals surface area contributed by atoms with Crippen LogP contribution in [0.15, 0.2) is 23.4 Å². The van der Waals surface area contributed by atoms with Crippen molar-refractivity contribution in [1.29, 1.82) is 0 Å². The zero-order valence-electron chi connectivity index (χ0n) is 12.4. The molecule has 0 saturated carbocycles. The van der Waals surface area contributed by atoms with Gasteiger partial charge in [0.05, 0.1) is 11.0 Å². The molecule has 0 fully saturated rings. The Labute approximate surface area is 123 Å². The zero-order valence-corrected chi connectivity index (χ0v) is 12.4. The second kappa shape index (κ2) is 7.03. The molecule has 0 spiro atoms. The van der Waals surface area contributed by atoms with E-state index >= 15 is 0 Å². The van der Waals surface area contributed by atoms with Gasteiger partial charge in [-0.1, -0.05) is 17.3 Å². The molecular formula is C14H21FN4O2. The zero-order chi connectivity index (χ0) is 16.0. The predicted octanol–water partition coefficient (Wildman–Crippen LogP) is 0.782. The number of carbonyl (C=O) groups excluding carboxylic acids is 1. The number of oxime groups is 1. The predicted molar refractivity (Wildman–Crippen MR) is 78.5 cm³/mol. The third-order valence-electron chi connectivity index (χ3n) is 3.19. The molecule has 0 aliphatic carbocycles. The van der Waals surface area contributed by atoms with Crippen LogP contribution in [-0.4, -0.2) is 30.5 Å². The van der Waals surface area contributed by atoms with E-state index in [2.05, 4.69) is 15.8 Å². The molecule has 0 unspecified atom stereocenters. The summed E-state index contributed by atoms with van der Waals surface area (Å²) in [5.41, 5.74) is 5.23. The lowest BCUT2D eigenvalue weighted by Gasteiger charge is -2.23. The molecule has 116 valence electrons. The van der Waals surface area contributed by atoms with Gasteiger partial charge in [0.2, 0.25) is 5.91 Å². The van der Waals surface area contributed by atoms with Crippen molar-refractivity contribution in [3.8, 4) is 0 Å². The van der Waals surface area contributed by atoms with Crippen molar-refractivity contribution >= 4 is 11.7 Å². The summed E-state index contributed by atoms with van der Waals surface area (Å²) < 4.78 is 14.2. The van der Waals surface area contributed by atoms with Crippen molar-refractivity contribution in [3.05, 3.63) is 35.1 Å². The van der Waals surface area contributed by atoms with E-state index in [9.17, 15) is 9.18 Å². The highest BCUT2D eigenvalue weighted by Crippen LogP contribution is 2.15. The summed E-state index contributed by atoms with van der Waals surface area (Å²) in [7, 11) is 1.57. The minimum atomic E-state index is -0.603. The van der Waals surface area contributed by atoms with Crippen LogP contribution in [-0.2, 0) is 11.3 Å². The Morgan fingerprint density at radius 2 is 2.14 bits per heavy atom. The lowest BCUT2D eigenvalue weighted by Crippen LogP contribution is -2.41. The van der Waals surface area contributed by atoms with Gasteiger partial charge in [-0.05, 0) is 19.9 Å². The van der Waals surface area contributed by atoms with Gasteiger partial charge in [-0.15, -0.1) is 0 Å². The van der Waals surface area contributed by atoms with Crippen LogP contribution in [0.2, 0.25) is 0 Å². The third kappa shape index (κ3) is 4.16. The number of amides is 1. The Morgan fingerprint density at radius 3 is 2.71 bits per heavy atom. The molecule has 0 aromatic heterocycles. The van der Waals surface area contributed by atoms with Gasteiger partial charge < -0.3 is 21.6 Å². The lowest BCUT2D eigenvalue weighted by molar-refractivity contribution is -0.128. The number of carbonyl (C=O) groups is 1. The fourth-order valence-electron chi connectivity index (χ4n) is 1.90. The fourth-order valence-corrected chi connectivity index (χ4v) is 1.90. The molecule has 7 heteroatoms. The van der Waals surface area contributed by atoms with Crippen molar-refractivity contribution in [1.82, 2.24) is 10.6 Å². The highest BCUT2D eigenvalue weighted by Gasteiger charge is 2.26. The molecule has 1 amide bonds. The molecule has 21 heavy (non-hydrogen) atoms. The first kappa shape index (κ1) is 16.9. The Bertz CT molecular complexity index is 544. The monoisotopic (exact) mass is 296 g/mol. The average molecular weight is 296 g/mol. The number of nitrogens with two attached hydrogens (primary N) is 1. The molecule has 0 aliphatic rings. The quantitative estimate of drug-likeness (QED) is 0.270. The van der Waals surface area contributed by atoms with Gasteiger partial charge >= 0.3 is 0 Å². The molecule has 0 radical (unpaired) electrons. The van der Waals surface area contributed by atoms with Crippen LogP contribution in [0, 0.1) is 11.2 Å². The van der Waals surface area contributed by atoms with Crippen LogP contribution in [0.1, 0.15) is 25.0 Å². The normalized spacial score (nSPS) is 12.3. The van der Waals surface area contributed by atoms with E-state index in [-0.39, 0.29) is 23.9 Å². The van der Waals surface area contributed by atoms with Crippen LogP contribution in [0.5, 0.6) is 0 Å². The summed E-state index contributed by atoms with van der Waals surface area (Å²) in [6, 6.07) is 4.66. The minimum Gasteiger partial charge on any atom is -0.409 e. The number of halogens is 1. The maximum Gasteiger partial charge on any atom is 0.226 e. The Balaban J connectivity index is 2.75. The van der Waals surface area contributed by atoms with Crippen molar-refractivity contribution in [3.63, 3.8) is 0 Å². The average Bonchev–Trinajstić information content (AvgIpc) is 2.47. The largest absolute Gasteiger partial charge is 0.409 e. The first-order valence-electron chi connectivity index (χ1n) is 6.51. The maximum absolute atomic E-state index is 14.2. The summed E-state index contributed by atoms with van der Waals surface area (Å²) in [6.45, 7) is 4.21. The molecule has 1 aromatic carbocycles. The highest BCUT2D eigenvalue weighted by molar-refractivity contribution is 5.97. The van der Waals surface area contributed by atoms with Crippen molar-refractivity contribution in [2.75, 3.05) is 13.6 Å². The van der Waals surface area contributed by atoms with E-state index in [1.54, 1.807) is 33.0 Å². The number of rotatable bonds is 6. The molecule has 0 heterocycles. The molecule has 0 bridgehead atoms. The van der Waals surface area contributed by atoms with Crippen LogP contribution in [0.25, 0.3) is 0 Å². The molecule has 1 rings (SSSR count). The Kier molecular flexibility index (Phi) is 5.66. The van der Waals surface area contributed by atoms with E-state index in [0.717, 1.165) is 0 Å². The van der Waals surface area contributed by atoms with Crippen molar-refractivity contribution < 1.29 is 14.4 Å². The summed E-state index contributed by atoms with van der Waals surface area (Å²) in [5, 5.41) is 17.0. The van der Waals surface area contributed by atoms with Gasteiger partial charge in [-0.3, -0.25) is 4.79 Å². The Hall–Kier alpha value is -2.15. The van der Waals surface area contributed by atoms with Gasteiger partial charge in [-0.2, -0.15) is 0 Å². The standard InChI is InChI=1S/C14H21FN4O2/c1-14(2,13(20)17-3)8-18-7-9-5-4-6-10(11(9)15)12(16)19-21/h4-6,18,21H,7-8H2,1-3H3,(H2,16,19)(H,17,20). The SMILES string of the molecule is CNC(=O)C(C)(C)CNCc1cccc(/C(N)=N/O)c1F. The van der Waals surface area contributed by atoms with Crippen LogP contribution in [0.3, 0.4) is 0 Å². The number of hydrogen-bond donors (Lipinski definition) is 4. The second-order valence-corrected chi connectivity index (χ2v) is 5.33. The van der Waals surface area contributed by atoms with Gasteiger partial charge in [-0.25, -0.2) is 4.39 Å². The van der Waals surface area contributed by atoms with E-state index < -0.39 is 11.2 Å². The molecule has 0 aliphatic heterocycles. The topological polar surface area (TPSA) is 99.7 Å². The number of benzene rings is 1. The molecule has 0 atom stereocenters. The van der Waals surface area contributed by atoms with Crippen molar-refractivity contribution in [2.45, 2.75) is 20.4 Å². The number of nitrogens with one attached hydrogen (secondary N) is 2. The second-order valence-electron chi connectivity index (χ2n) is 5.33. The smallest absolute Gasteiger partial charge is 0.226 e. The van der Waals surface area contributed by atoms with Gasteiger partial charge in [0.25, 0.3) is 0 Å². The van der Waals surface area contributed by atoms with Crippen LogP contribution >= 0.6 is 0 Å². The van der Waals surface area contributed by atoms with E-state index in [1.807, 2.05) is 0 Å². The number of hydrogen-bond acceptors (Lipinski definition) is 4. The fraction of sp³-hybridized carbons (Fsp3) is 0.429. The summed E-state index contributed by atoms with van der Waals surface area (Å²) >= 11 is 0. The van der Waals surface area contributed by atoms with E-state index in [0.29, 0.717) is 12.1 Å². The molecule has 6 nitrogen and oxygen atoms in total. The van der Waals surface area contributed by atoms with Gasteiger partial charge in [0.1, 0.15) is 5.82 Å². The van der Waals surface area contributed by atoms with Crippen molar-refractivity contribution in [2.24, 2.45) is 16.3 Å². The van der Waals surface area contributed by atoms with Gasteiger partial charge in [0.15, 0.2) is 5.84 Å². The lowest BCUT2D eigenvalue weighted by atomic mass is 9.92. The van der Waals surface area contributed by atoms with E-state index in [1.165, 1.54) is 6.07 Å². The number of amidine groups is 1. The number of nitrogens with zero attached hydrogens (tertiary/aromatic N) is 1. The molecule has 1 aromatic rings. The molecular weight excluding hydrogens is 275 g/mol. The third-order valence-corrected chi connectivity index (χ3v) is 3.19. The highest BCUT2D eigenvalue weighted by atomic mass is 19.1. The molecule has 0 saturated heterocycles. The minimum absolute atomic E-state index is 0.0439. The van der Waals surface area contributed by atoms with Gasteiger partial charge in [0, 0.05) is 25.7 Å². The first-order chi connectivity index (χ1) is 9.83. The summed E-state index contributed by atoms with van der Waals surface area (Å²) in [5.74, 6) is -0.918. The van der Waals surface area contributed by atoms with Crippen LogP contribution in [0.4, 0.5) is 4.39 Å². The summed E-state index contributed by atoms with van der Waals surface area (Å²) in [4.78, 5) is 11.6.